The Hall–Kier alpha value is -4.66. The molecule has 5 heterocycles. The average molecular weight is 1120 g/mol. The fourth-order valence-corrected chi connectivity index (χ4v) is 11.4. The first-order valence-electron chi connectivity index (χ1n) is 26.2. The van der Waals surface area contributed by atoms with E-state index in [9.17, 15) is 69.9 Å². The number of rotatable bonds is 27. The number of hydrogen-bond acceptors (Lipinski definition) is 22. The lowest BCUT2D eigenvalue weighted by molar-refractivity contribution is -0.376. The van der Waals surface area contributed by atoms with Crippen molar-refractivity contribution in [3.05, 3.63) is 54.1 Å². The van der Waals surface area contributed by atoms with Crippen molar-refractivity contribution in [1.82, 2.24) is 26.6 Å². The summed E-state index contributed by atoms with van der Waals surface area (Å²) >= 11 is 1.85. The summed E-state index contributed by atoms with van der Waals surface area (Å²) in [6, 6.07) is 13.0. The number of hydrogen-bond donors (Lipinski definition) is 14. The molecular formula is C51H73N5O21S. The van der Waals surface area contributed by atoms with Crippen molar-refractivity contribution in [1.29, 1.82) is 0 Å². The Morgan fingerprint density at radius 3 is 2.08 bits per heavy atom. The lowest BCUT2D eigenvalue weighted by Gasteiger charge is -2.48. The summed E-state index contributed by atoms with van der Waals surface area (Å²) in [7, 11) is 0. The molecule has 5 amide bonds. The summed E-state index contributed by atoms with van der Waals surface area (Å²) in [5.41, 5.74) is 2.03. The highest BCUT2D eigenvalue weighted by molar-refractivity contribution is 8.00. The molecule has 18 atom stereocenters. The van der Waals surface area contributed by atoms with Gasteiger partial charge in [0.2, 0.25) is 11.8 Å². The molecule has 2 aromatic rings. The van der Waals surface area contributed by atoms with Gasteiger partial charge in [0, 0.05) is 56.0 Å². The molecule has 27 heteroatoms. The van der Waals surface area contributed by atoms with E-state index >= 15 is 0 Å². The summed E-state index contributed by atoms with van der Waals surface area (Å²) in [6.45, 7) is -0.949. The lowest BCUT2D eigenvalue weighted by atomic mass is 9.95. The van der Waals surface area contributed by atoms with E-state index in [1.807, 2.05) is 17.8 Å². The zero-order chi connectivity index (χ0) is 56.0. The summed E-state index contributed by atoms with van der Waals surface area (Å²) in [5.74, 6) is 0.166. The SMILES string of the molecule is CC(=O)NC1[C@H](OCCCCC(=O)COc2ccc(-c3cccc(C(=O)NCCNC(=O)CCCC[C@@H]4SC[C@@H]5NC(=O)N[C@@H]54)c3)cc2)OC(CO)[C@@H](O[C@@H]2OC(CO)[C@H](O)[C@H](O[C@H]3OC(CO)[C@H](O)C(O)[C@@H]3O)C2O)[C@@H]1O. The van der Waals surface area contributed by atoms with Crippen molar-refractivity contribution < 1.29 is 103 Å². The van der Waals surface area contributed by atoms with E-state index in [0.29, 0.717) is 35.8 Å². The first-order valence-corrected chi connectivity index (χ1v) is 27.2. The van der Waals surface area contributed by atoms with Gasteiger partial charge in [-0.3, -0.25) is 19.2 Å². The minimum absolute atomic E-state index is 0.0178. The van der Waals surface area contributed by atoms with Crippen molar-refractivity contribution in [2.45, 2.75) is 161 Å². The van der Waals surface area contributed by atoms with Crippen LogP contribution in [-0.4, -0.2) is 237 Å². The second kappa shape index (κ2) is 29.2. The highest BCUT2D eigenvalue weighted by Crippen LogP contribution is 2.35. The van der Waals surface area contributed by atoms with Gasteiger partial charge in [0.05, 0.1) is 31.9 Å². The molecule has 0 spiro atoms. The lowest BCUT2D eigenvalue weighted by Crippen LogP contribution is -2.68. The molecule has 5 saturated heterocycles. The fraction of sp³-hybridized carbons (Fsp3) is 0.667. The molecule has 434 valence electrons. The minimum atomic E-state index is -1.97. The summed E-state index contributed by atoms with van der Waals surface area (Å²) in [4.78, 5) is 62.0. The molecule has 6 unspecified atom stereocenters. The maximum Gasteiger partial charge on any atom is 0.315 e. The molecule has 26 nitrogen and oxygen atoms in total. The third-order valence-electron chi connectivity index (χ3n) is 14.1. The fourth-order valence-electron chi connectivity index (χ4n) is 9.87. The van der Waals surface area contributed by atoms with Crippen LogP contribution in [-0.2, 0) is 42.8 Å². The number of unbranched alkanes of at least 4 members (excludes halogenated alkanes) is 2. The average Bonchev–Trinajstić information content (AvgIpc) is 4.01. The van der Waals surface area contributed by atoms with Crippen LogP contribution < -0.4 is 31.3 Å². The predicted molar refractivity (Wildman–Crippen MR) is 272 cm³/mol. The number of ether oxygens (including phenoxy) is 7. The third kappa shape index (κ3) is 15.8. The number of amides is 5. The molecule has 0 bridgehead atoms. The van der Waals surface area contributed by atoms with E-state index in [2.05, 4.69) is 26.6 Å². The first kappa shape index (κ1) is 61.0. The number of benzene rings is 2. The molecule has 5 aliphatic rings. The quantitative estimate of drug-likeness (QED) is 0.0307. The van der Waals surface area contributed by atoms with Crippen molar-refractivity contribution in [3.63, 3.8) is 0 Å². The number of carbonyl (C=O) groups is 5. The highest BCUT2D eigenvalue weighted by Gasteiger charge is 2.54. The number of urea groups is 1. The molecule has 7 rings (SSSR count). The Balaban J connectivity index is 0.801. The standard InChI is InChI=1S/C51H73N5O21S/c1-25(60)54-38-41(65)45(76-50-44(68)46(40(64)33(21-58)74-50)77-49-43(67)42(66)39(63)32(20-57)73-49)34(22-59)75-48(38)71-18-5-4-9-29(61)23-72-30-14-12-26(13-15-30)27-7-6-8-28(19-27)47(69)53-17-16-52-36(62)11-3-2-10-35-37-31(24-78-35)55-51(70)56-37/h6-8,12-15,19,31-35,37-46,48-50,57-59,63-68H,2-5,9-11,16-18,20-24H2,1H3,(H,52,62)(H,53,69)(H,54,60)(H2,55,56,70)/t31-,32?,33?,34?,35-,37-,38?,39-,40-,41+,42?,43-,44?,45+,46-,48+,49+,50-/m0/s1. The summed E-state index contributed by atoms with van der Waals surface area (Å²) < 4.78 is 40.0. The van der Waals surface area contributed by atoms with Crippen LogP contribution >= 0.6 is 11.8 Å². The van der Waals surface area contributed by atoms with Crippen LogP contribution in [0.2, 0.25) is 0 Å². The normalized spacial score (nSPS) is 33.5. The van der Waals surface area contributed by atoms with E-state index in [4.69, 9.17) is 33.2 Å². The van der Waals surface area contributed by atoms with Crippen LogP contribution in [0.5, 0.6) is 5.75 Å². The van der Waals surface area contributed by atoms with Crippen molar-refractivity contribution >= 4 is 41.3 Å². The van der Waals surface area contributed by atoms with Crippen molar-refractivity contribution in [2.75, 3.05) is 51.9 Å². The van der Waals surface area contributed by atoms with Gasteiger partial charge in [0.15, 0.2) is 24.7 Å². The number of fused-ring (bicyclic) bond motifs is 1. The highest BCUT2D eigenvalue weighted by atomic mass is 32.2. The number of aliphatic hydroxyl groups excluding tert-OH is 9. The van der Waals surface area contributed by atoms with Crippen LogP contribution in [0.4, 0.5) is 4.79 Å². The number of thioether (sulfide) groups is 1. The molecule has 0 saturated carbocycles. The van der Waals surface area contributed by atoms with Gasteiger partial charge in [0.25, 0.3) is 5.91 Å². The monoisotopic (exact) mass is 1120 g/mol. The topological polar surface area (TPSA) is 392 Å². The molecule has 5 fully saturated rings. The Kier molecular flexibility index (Phi) is 22.8. The molecule has 0 radical (unpaired) electrons. The summed E-state index contributed by atoms with van der Waals surface area (Å²) in [6.07, 6.45) is -19.9. The Morgan fingerprint density at radius 1 is 0.692 bits per heavy atom. The van der Waals surface area contributed by atoms with Gasteiger partial charge in [-0.15, -0.1) is 0 Å². The molecule has 0 aliphatic carbocycles. The number of carbonyl (C=O) groups excluding carboxylic acids is 5. The molecule has 0 aromatic heterocycles. The maximum absolute atomic E-state index is 13.0. The van der Waals surface area contributed by atoms with E-state index in [1.165, 1.54) is 6.92 Å². The van der Waals surface area contributed by atoms with Gasteiger partial charge in [-0.05, 0) is 61.1 Å². The Morgan fingerprint density at radius 2 is 1.36 bits per heavy atom. The number of ketones is 1. The van der Waals surface area contributed by atoms with Gasteiger partial charge in [-0.1, -0.05) is 30.7 Å². The first-order chi connectivity index (χ1) is 37.5. The van der Waals surface area contributed by atoms with E-state index in [-0.39, 0.29) is 68.4 Å². The van der Waals surface area contributed by atoms with Gasteiger partial charge < -0.3 is 106 Å². The Labute approximate surface area is 453 Å². The maximum atomic E-state index is 13.0. The number of aliphatic hydroxyl groups is 9. The van der Waals surface area contributed by atoms with E-state index in [1.54, 1.807) is 42.5 Å². The van der Waals surface area contributed by atoms with Gasteiger partial charge >= 0.3 is 6.03 Å². The zero-order valence-corrected chi connectivity index (χ0v) is 43.8. The number of nitrogens with one attached hydrogen (secondary N) is 5. The van der Waals surface area contributed by atoms with Gasteiger partial charge in [-0.25, -0.2) is 4.79 Å². The largest absolute Gasteiger partial charge is 0.486 e. The third-order valence-corrected chi connectivity index (χ3v) is 15.6. The minimum Gasteiger partial charge on any atom is -0.486 e. The molecule has 2 aromatic carbocycles. The van der Waals surface area contributed by atoms with Gasteiger partial charge in [-0.2, -0.15) is 11.8 Å². The van der Waals surface area contributed by atoms with Crippen molar-refractivity contribution in [3.8, 4) is 16.9 Å². The zero-order valence-electron chi connectivity index (χ0n) is 42.9. The molecule has 78 heavy (non-hydrogen) atoms. The second-order valence-electron chi connectivity index (χ2n) is 19.8. The van der Waals surface area contributed by atoms with E-state index in [0.717, 1.165) is 36.1 Å². The number of Topliss-reactive ketones (excluding diaryl/α,β-unsaturated/α-hetero) is 1. The van der Waals surface area contributed by atoms with Crippen molar-refractivity contribution in [2.24, 2.45) is 0 Å². The molecular weight excluding hydrogens is 1050 g/mol. The van der Waals surface area contributed by atoms with E-state index < -0.39 is 118 Å². The van der Waals surface area contributed by atoms with Crippen LogP contribution in [0.1, 0.15) is 62.2 Å². The molecule has 14 N–H and O–H groups in total. The van der Waals surface area contributed by atoms with Crippen LogP contribution in [0.15, 0.2) is 48.5 Å². The Bertz CT molecular complexity index is 2290. The van der Waals surface area contributed by atoms with Crippen LogP contribution in [0.25, 0.3) is 11.1 Å². The predicted octanol–water partition coefficient (Wildman–Crippen LogP) is -3.35. The van der Waals surface area contributed by atoms with Gasteiger partial charge in [0.1, 0.15) is 85.5 Å². The van der Waals surface area contributed by atoms with Crippen LogP contribution in [0, 0.1) is 0 Å². The van der Waals surface area contributed by atoms with Crippen LogP contribution in [0.3, 0.4) is 0 Å². The second-order valence-corrected chi connectivity index (χ2v) is 21.1. The summed E-state index contributed by atoms with van der Waals surface area (Å²) in [5, 5.41) is 109. The molecule has 5 aliphatic heterocycles. The smallest absolute Gasteiger partial charge is 0.315 e.